The van der Waals surface area contributed by atoms with E-state index >= 15 is 0 Å². The van der Waals surface area contributed by atoms with E-state index in [-0.39, 0.29) is 17.8 Å². The Labute approximate surface area is 104 Å². The summed E-state index contributed by atoms with van der Waals surface area (Å²) >= 11 is 1.43. The van der Waals surface area contributed by atoms with Crippen molar-refractivity contribution in [3.05, 3.63) is 16.1 Å². The molecule has 0 bridgehead atoms. The van der Waals surface area contributed by atoms with E-state index in [1.54, 1.807) is 5.38 Å². The quantitative estimate of drug-likeness (QED) is 0.318. The van der Waals surface area contributed by atoms with Crippen molar-refractivity contribution in [3.8, 4) is 0 Å². The number of aromatic nitrogens is 1. The molecular formula is C10H16N4O2S. The Morgan fingerprint density at radius 1 is 1.76 bits per heavy atom. The molecule has 94 valence electrons. The summed E-state index contributed by atoms with van der Waals surface area (Å²) in [5.41, 5.74) is 5.81. The lowest BCUT2D eigenvalue weighted by atomic mass is 10.1. The van der Waals surface area contributed by atoms with Crippen LogP contribution in [0.25, 0.3) is 0 Å². The first kappa shape index (κ1) is 13.4. The van der Waals surface area contributed by atoms with Crippen molar-refractivity contribution in [2.24, 2.45) is 10.9 Å². The van der Waals surface area contributed by atoms with Gasteiger partial charge in [-0.15, -0.1) is 11.3 Å². The molecule has 0 radical (unpaired) electrons. The molecule has 0 saturated heterocycles. The minimum absolute atomic E-state index is 0.103. The predicted octanol–water partition coefficient (Wildman–Crippen LogP) is 1.10. The van der Waals surface area contributed by atoms with Crippen LogP contribution >= 0.6 is 11.3 Å². The molecule has 0 aliphatic carbocycles. The van der Waals surface area contributed by atoms with Gasteiger partial charge in [-0.3, -0.25) is 4.79 Å². The molecule has 1 aromatic heterocycles. The monoisotopic (exact) mass is 256 g/mol. The molecule has 1 amide bonds. The van der Waals surface area contributed by atoms with Crippen molar-refractivity contribution >= 4 is 23.1 Å². The zero-order chi connectivity index (χ0) is 12.8. The summed E-state index contributed by atoms with van der Waals surface area (Å²) in [5.74, 6) is -0.126. The lowest BCUT2D eigenvalue weighted by molar-refractivity contribution is 0.0932. The average molecular weight is 256 g/mol. The number of amidine groups is 1. The first-order valence-corrected chi connectivity index (χ1v) is 6.14. The molecule has 0 spiro atoms. The number of nitrogens with two attached hydrogens (primary N) is 1. The minimum atomic E-state index is -0.230. The van der Waals surface area contributed by atoms with Crippen LogP contribution in [0.15, 0.2) is 10.5 Å². The Hall–Kier alpha value is -1.63. The first-order chi connectivity index (χ1) is 8.06. The van der Waals surface area contributed by atoms with Crippen LogP contribution in [0.3, 0.4) is 0 Å². The van der Waals surface area contributed by atoms with Gasteiger partial charge in [0.05, 0.1) is 5.01 Å². The molecule has 4 N–H and O–H groups in total. The van der Waals surface area contributed by atoms with Gasteiger partial charge in [0, 0.05) is 17.8 Å². The van der Waals surface area contributed by atoms with E-state index in [4.69, 9.17) is 10.9 Å². The molecule has 17 heavy (non-hydrogen) atoms. The number of rotatable bonds is 5. The Kier molecular flexibility index (Phi) is 4.89. The molecule has 1 heterocycles. The standard InChI is InChI=1S/C10H16N4O2S/c1-3-7(4-9(11)14-16)13-10(15)8-5-17-6(2)12-8/h5,7,16H,3-4H2,1-2H3,(H2,11,14)(H,13,15). The molecule has 1 rings (SSSR count). The van der Waals surface area contributed by atoms with Gasteiger partial charge in [0.25, 0.3) is 5.91 Å². The van der Waals surface area contributed by atoms with Crippen LogP contribution in [-0.4, -0.2) is 28.0 Å². The molecular weight excluding hydrogens is 240 g/mol. The second kappa shape index (κ2) is 6.19. The topological polar surface area (TPSA) is 101 Å². The normalized spacial score (nSPS) is 13.4. The van der Waals surface area contributed by atoms with E-state index in [1.165, 1.54) is 11.3 Å². The van der Waals surface area contributed by atoms with E-state index in [0.29, 0.717) is 18.5 Å². The number of oxime groups is 1. The van der Waals surface area contributed by atoms with Crippen molar-refractivity contribution in [2.75, 3.05) is 0 Å². The highest BCUT2D eigenvalue weighted by Crippen LogP contribution is 2.08. The number of hydrogen-bond donors (Lipinski definition) is 3. The number of amides is 1. The highest BCUT2D eigenvalue weighted by atomic mass is 32.1. The second-order valence-corrected chi connectivity index (χ2v) is 4.69. The highest BCUT2D eigenvalue weighted by Gasteiger charge is 2.15. The lowest BCUT2D eigenvalue weighted by Crippen LogP contribution is -2.37. The zero-order valence-electron chi connectivity index (χ0n) is 9.80. The minimum Gasteiger partial charge on any atom is -0.409 e. The van der Waals surface area contributed by atoms with Gasteiger partial charge in [0.2, 0.25) is 0 Å². The van der Waals surface area contributed by atoms with Gasteiger partial charge in [-0.1, -0.05) is 12.1 Å². The molecule has 0 aliphatic rings. The fourth-order valence-electron chi connectivity index (χ4n) is 1.32. The van der Waals surface area contributed by atoms with Crippen LogP contribution in [0.4, 0.5) is 0 Å². The number of hydrogen-bond acceptors (Lipinski definition) is 5. The summed E-state index contributed by atoms with van der Waals surface area (Å²) < 4.78 is 0. The number of carbonyl (C=O) groups is 1. The third-order valence-electron chi connectivity index (χ3n) is 2.26. The molecule has 1 atom stereocenters. The van der Waals surface area contributed by atoms with E-state index in [2.05, 4.69) is 15.5 Å². The van der Waals surface area contributed by atoms with Crippen LogP contribution in [0, 0.1) is 6.92 Å². The maximum atomic E-state index is 11.8. The van der Waals surface area contributed by atoms with Crippen LogP contribution < -0.4 is 11.1 Å². The van der Waals surface area contributed by atoms with Crippen molar-refractivity contribution in [1.82, 2.24) is 10.3 Å². The maximum absolute atomic E-state index is 11.8. The average Bonchev–Trinajstić information content (AvgIpc) is 2.74. The second-order valence-electron chi connectivity index (χ2n) is 3.63. The highest BCUT2D eigenvalue weighted by molar-refractivity contribution is 7.09. The van der Waals surface area contributed by atoms with E-state index in [0.717, 1.165) is 5.01 Å². The Morgan fingerprint density at radius 3 is 2.94 bits per heavy atom. The molecule has 1 aromatic rings. The Balaban J connectivity index is 2.59. The molecule has 0 aromatic carbocycles. The van der Waals surface area contributed by atoms with Crippen molar-refractivity contribution in [2.45, 2.75) is 32.7 Å². The number of aryl methyl sites for hydroxylation is 1. The van der Waals surface area contributed by atoms with Crippen LogP contribution in [-0.2, 0) is 0 Å². The van der Waals surface area contributed by atoms with Gasteiger partial charge in [-0.2, -0.15) is 0 Å². The largest absolute Gasteiger partial charge is 0.409 e. The zero-order valence-corrected chi connectivity index (χ0v) is 10.6. The van der Waals surface area contributed by atoms with Gasteiger partial charge in [-0.25, -0.2) is 4.98 Å². The summed E-state index contributed by atoms with van der Waals surface area (Å²) in [6, 6.07) is -0.152. The maximum Gasteiger partial charge on any atom is 0.270 e. The van der Waals surface area contributed by atoms with E-state index in [9.17, 15) is 4.79 Å². The summed E-state index contributed by atoms with van der Waals surface area (Å²) in [6.07, 6.45) is 1.02. The number of thiazole rings is 1. The summed E-state index contributed by atoms with van der Waals surface area (Å²) in [6.45, 7) is 3.76. The van der Waals surface area contributed by atoms with Crippen LogP contribution in [0.5, 0.6) is 0 Å². The van der Waals surface area contributed by atoms with Gasteiger partial charge < -0.3 is 16.3 Å². The molecule has 0 saturated carbocycles. The number of carbonyl (C=O) groups excluding carboxylic acids is 1. The van der Waals surface area contributed by atoms with Crippen molar-refractivity contribution in [1.29, 1.82) is 0 Å². The van der Waals surface area contributed by atoms with Gasteiger partial charge in [0.15, 0.2) is 0 Å². The fraction of sp³-hybridized carbons (Fsp3) is 0.500. The molecule has 1 unspecified atom stereocenters. The smallest absolute Gasteiger partial charge is 0.270 e. The van der Waals surface area contributed by atoms with Gasteiger partial charge in [0.1, 0.15) is 11.5 Å². The Morgan fingerprint density at radius 2 is 2.47 bits per heavy atom. The Bertz CT molecular complexity index is 416. The van der Waals surface area contributed by atoms with Crippen molar-refractivity contribution < 1.29 is 10.0 Å². The SMILES string of the molecule is CCC(CC(N)=NO)NC(=O)c1csc(C)n1. The third kappa shape index (κ3) is 4.03. The van der Waals surface area contributed by atoms with Gasteiger partial charge >= 0.3 is 0 Å². The summed E-state index contributed by atoms with van der Waals surface area (Å²) in [4.78, 5) is 15.9. The molecule has 6 nitrogen and oxygen atoms in total. The summed E-state index contributed by atoms with van der Waals surface area (Å²) in [7, 11) is 0. The fourth-order valence-corrected chi connectivity index (χ4v) is 1.91. The summed E-state index contributed by atoms with van der Waals surface area (Å²) in [5, 5.41) is 16.7. The molecule has 7 heteroatoms. The van der Waals surface area contributed by atoms with E-state index < -0.39 is 0 Å². The van der Waals surface area contributed by atoms with E-state index in [1.807, 2.05) is 13.8 Å². The van der Waals surface area contributed by atoms with Crippen molar-refractivity contribution in [3.63, 3.8) is 0 Å². The predicted molar refractivity (Wildman–Crippen MR) is 66.4 cm³/mol. The number of nitrogens with one attached hydrogen (secondary N) is 1. The lowest BCUT2D eigenvalue weighted by Gasteiger charge is -2.15. The van der Waals surface area contributed by atoms with Crippen LogP contribution in [0.1, 0.15) is 35.3 Å². The van der Waals surface area contributed by atoms with Crippen LogP contribution in [0.2, 0.25) is 0 Å². The molecule has 0 aliphatic heterocycles. The number of nitrogens with zero attached hydrogens (tertiary/aromatic N) is 2. The molecule has 0 fully saturated rings. The first-order valence-electron chi connectivity index (χ1n) is 5.26. The van der Waals surface area contributed by atoms with Gasteiger partial charge in [-0.05, 0) is 13.3 Å². The third-order valence-corrected chi connectivity index (χ3v) is 3.04.